The molecule has 0 unspecified atom stereocenters. The highest BCUT2D eigenvalue weighted by atomic mass is 19.4. The Kier molecular flexibility index (Phi) is 5.98. The summed E-state index contributed by atoms with van der Waals surface area (Å²) in [6.45, 7) is 4.83. The van der Waals surface area contributed by atoms with Gasteiger partial charge in [-0.3, -0.25) is 9.69 Å². The lowest BCUT2D eigenvalue weighted by molar-refractivity contribution is -0.141. The second kappa shape index (κ2) is 7.09. The fourth-order valence-electron chi connectivity index (χ4n) is 2.28. The molecule has 0 fully saturated rings. The van der Waals surface area contributed by atoms with Gasteiger partial charge in [-0.1, -0.05) is 6.92 Å². The molecule has 0 aliphatic rings. The van der Waals surface area contributed by atoms with Gasteiger partial charge < -0.3 is 9.67 Å². The van der Waals surface area contributed by atoms with Crippen LogP contribution in [0.5, 0.6) is 0 Å². The molecule has 0 aliphatic heterocycles. The minimum atomic E-state index is -4.32. The van der Waals surface area contributed by atoms with E-state index in [1.807, 2.05) is 6.92 Å². The van der Waals surface area contributed by atoms with Crippen molar-refractivity contribution in [2.24, 2.45) is 0 Å². The lowest BCUT2D eigenvalue weighted by atomic mass is 10.1. The van der Waals surface area contributed by atoms with E-state index in [4.69, 9.17) is 5.11 Å². The van der Waals surface area contributed by atoms with Gasteiger partial charge in [0, 0.05) is 23.5 Å². The zero-order valence-corrected chi connectivity index (χ0v) is 12.5. The van der Waals surface area contributed by atoms with E-state index in [9.17, 15) is 18.0 Å². The molecular weight excluding hydrogens is 285 g/mol. The van der Waals surface area contributed by atoms with Crippen LogP contribution in [0, 0.1) is 13.8 Å². The number of aromatic nitrogens is 1. The molecule has 1 aromatic rings. The lowest BCUT2D eigenvalue weighted by Crippen LogP contribution is -2.32. The van der Waals surface area contributed by atoms with Crippen LogP contribution in [0.3, 0.4) is 0 Å². The first-order chi connectivity index (χ1) is 9.69. The van der Waals surface area contributed by atoms with Crippen LogP contribution in [-0.2, 0) is 6.54 Å². The van der Waals surface area contributed by atoms with Crippen LogP contribution in [-0.4, -0.2) is 52.8 Å². The molecule has 1 heterocycles. The topological polar surface area (TPSA) is 45.5 Å². The van der Waals surface area contributed by atoms with Crippen molar-refractivity contribution in [2.75, 3.05) is 26.2 Å². The molecule has 0 aromatic carbocycles. The number of aliphatic hydroxyl groups is 1. The first-order valence-electron chi connectivity index (χ1n) is 6.79. The molecule has 0 saturated carbocycles. The molecule has 0 amide bonds. The molecule has 0 atom stereocenters. The molecule has 120 valence electrons. The van der Waals surface area contributed by atoms with Gasteiger partial charge in [0.05, 0.1) is 13.2 Å². The van der Waals surface area contributed by atoms with Crippen molar-refractivity contribution in [3.63, 3.8) is 0 Å². The Hall–Kier alpha value is -1.34. The molecule has 1 N–H and O–H groups in total. The first-order valence-corrected chi connectivity index (χ1v) is 6.79. The maximum atomic E-state index is 12.5. The van der Waals surface area contributed by atoms with Crippen molar-refractivity contribution in [3.05, 3.63) is 23.0 Å². The van der Waals surface area contributed by atoms with Crippen LogP contribution < -0.4 is 0 Å². The Balaban J connectivity index is 2.94. The van der Waals surface area contributed by atoms with Crippen LogP contribution in [0.25, 0.3) is 0 Å². The van der Waals surface area contributed by atoms with E-state index in [0.29, 0.717) is 30.0 Å². The summed E-state index contributed by atoms with van der Waals surface area (Å²) in [6.07, 6.45) is -4.32. The number of ketones is 1. The number of aliphatic hydroxyl groups excluding tert-OH is 1. The predicted molar refractivity (Wildman–Crippen MR) is 73.5 cm³/mol. The third-order valence-corrected chi connectivity index (χ3v) is 3.44. The summed E-state index contributed by atoms with van der Waals surface area (Å²) in [4.78, 5) is 14.0. The van der Waals surface area contributed by atoms with E-state index in [1.165, 1.54) is 13.0 Å². The molecule has 0 bridgehead atoms. The number of alkyl halides is 3. The second-order valence-corrected chi connectivity index (χ2v) is 5.00. The molecule has 0 radical (unpaired) electrons. The molecule has 0 saturated heterocycles. The quantitative estimate of drug-likeness (QED) is 0.785. The summed E-state index contributed by atoms with van der Waals surface area (Å²) < 4.78 is 38.7. The smallest absolute Gasteiger partial charge is 0.395 e. The van der Waals surface area contributed by atoms with Crippen LogP contribution in [0.15, 0.2) is 6.07 Å². The summed E-state index contributed by atoms with van der Waals surface area (Å²) in [6, 6.07) is 1.50. The van der Waals surface area contributed by atoms with Gasteiger partial charge in [-0.2, -0.15) is 13.2 Å². The number of hydrogen-bond donors (Lipinski definition) is 1. The minimum Gasteiger partial charge on any atom is -0.395 e. The SMILES string of the molecule is CCN(CCO)CC(=O)c1cc(C)n(CC(F)(F)F)c1C. The molecule has 7 heteroatoms. The highest BCUT2D eigenvalue weighted by Gasteiger charge is 2.30. The molecule has 1 rings (SSSR count). The van der Waals surface area contributed by atoms with Crippen molar-refractivity contribution in [2.45, 2.75) is 33.5 Å². The number of rotatable bonds is 7. The number of carbonyl (C=O) groups excluding carboxylic acids is 1. The van der Waals surface area contributed by atoms with Crippen LogP contribution >= 0.6 is 0 Å². The predicted octanol–water partition coefficient (Wildman–Crippen LogP) is 2.16. The average molecular weight is 306 g/mol. The lowest BCUT2D eigenvalue weighted by Gasteiger charge is -2.18. The number of aryl methyl sites for hydroxylation is 1. The number of carbonyl (C=O) groups is 1. The van der Waals surface area contributed by atoms with E-state index in [-0.39, 0.29) is 18.9 Å². The third-order valence-electron chi connectivity index (χ3n) is 3.44. The van der Waals surface area contributed by atoms with Crippen molar-refractivity contribution in [1.29, 1.82) is 0 Å². The highest BCUT2D eigenvalue weighted by molar-refractivity contribution is 5.99. The van der Waals surface area contributed by atoms with Crippen molar-refractivity contribution in [3.8, 4) is 0 Å². The standard InChI is InChI=1S/C14H21F3N2O2/c1-4-18(5-6-20)8-13(21)12-7-10(2)19(11(12)3)9-14(15,16)17/h7,20H,4-6,8-9H2,1-3H3. The zero-order valence-electron chi connectivity index (χ0n) is 12.5. The first kappa shape index (κ1) is 17.7. The summed E-state index contributed by atoms with van der Waals surface area (Å²) in [5.74, 6) is -0.230. The molecule has 0 aliphatic carbocycles. The Bertz CT molecular complexity index is 495. The van der Waals surface area contributed by atoms with E-state index in [2.05, 4.69) is 0 Å². The summed E-state index contributed by atoms with van der Waals surface area (Å²) >= 11 is 0. The number of hydrogen-bond acceptors (Lipinski definition) is 3. The number of halogens is 3. The van der Waals surface area contributed by atoms with Gasteiger partial charge in [0.25, 0.3) is 0 Å². The summed E-state index contributed by atoms with van der Waals surface area (Å²) in [7, 11) is 0. The normalized spacial score (nSPS) is 12.2. The zero-order chi connectivity index (χ0) is 16.2. The molecule has 4 nitrogen and oxygen atoms in total. The fraction of sp³-hybridized carbons (Fsp3) is 0.643. The van der Waals surface area contributed by atoms with Crippen LogP contribution in [0.4, 0.5) is 13.2 Å². The van der Waals surface area contributed by atoms with Gasteiger partial charge in [0.1, 0.15) is 6.54 Å². The van der Waals surface area contributed by atoms with Gasteiger partial charge >= 0.3 is 6.18 Å². The van der Waals surface area contributed by atoms with Crippen molar-refractivity contribution < 1.29 is 23.1 Å². The maximum Gasteiger partial charge on any atom is 0.406 e. The molecule has 0 spiro atoms. The van der Waals surface area contributed by atoms with Crippen molar-refractivity contribution in [1.82, 2.24) is 9.47 Å². The van der Waals surface area contributed by atoms with Gasteiger partial charge in [-0.25, -0.2) is 0 Å². The van der Waals surface area contributed by atoms with Crippen LogP contribution in [0.1, 0.15) is 28.7 Å². The molecule has 1 aromatic heterocycles. The van der Waals surface area contributed by atoms with E-state index < -0.39 is 12.7 Å². The highest BCUT2D eigenvalue weighted by Crippen LogP contribution is 2.23. The fourth-order valence-corrected chi connectivity index (χ4v) is 2.28. The summed E-state index contributed by atoms with van der Waals surface area (Å²) in [5, 5.41) is 8.90. The van der Waals surface area contributed by atoms with Crippen molar-refractivity contribution >= 4 is 5.78 Å². The Morgan fingerprint density at radius 3 is 2.48 bits per heavy atom. The van der Waals surface area contributed by atoms with E-state index >= 15 is 0 Å². The van der Waals surface area contributed by atoms with Gasteiger partial charge in [-0.05, 0) is 26.5 Å². The second-order valence-electron chi connectivity index (χ2n) is 5.00. The third kappa shape index (κ3) is 4.86. The minimum absolute atomic E-state index is 0.0613. The number of nitrogens with zero attached hydrogens (tertiary/aromatic N) is 2. The molecular formula is C14H21F3N2O2. The Labute approximate surface area is 122 Å². The molecule has 21 heavy (non-hydrogen) atoms. The Morgan fingerprint density at radius 1 is 1.38 bits per heavy atom. The van der Waals surface area contributed by atoms with Gasteiger partial charge in [0.2, 0.25) is 0 Å². The van der Waals surface area contributed by atoms with Gasteiger partial charge in [-0.15, -0.1) is 0 Å². The summed E-state index contributed by atoms with van der Waals surface area (Å²) in [5.41, 5.74) is 1.06. The Morgan fingerprint density at radius 2 is 2.00 bits per heavy atom. The monoisotopic (exact) mass is 306 g/mol. The van der Waals surface area contributed by atoms with E-state index in [1.54, 1.807) is 11.8 Å². The number of likely N-dealkylation sites (N-methyl/N-ethyl adjacent to an activating group) is 1. The van der Waals surface area contributed by atoms with E-state index in [0.717, 1.165) is 4.57 Å². The number of Topliss-reactive ketones (excluding diaryl/α,β-unsaturated/α-hetero) is 1. The van der Waals surface area contributed by atoms with Crippen LogP contribution in [0.2, 0.25) is 0 Å². The largest absolute Gasteiger partial charge is 0.406 e. The maximum absolute atomic E-state index is 12.5. The van der Waals surface area contributed by atoms with Gasteiger partial charge in [0.15, 0.2) is 5.78 Å². The average Bonchev–Trinajstić information content (AvgIpc) is 2.64.